The van der Waals surface area contributed by atoms with Gasteiger partial charge in [-0.3, -0.25) is 0 Å². The third kappa shape index (κ3) is 9.28. The number of methoxy groups -OCH3 is 1. The number of ether oxygens (including phenoxy) is 3. The van der Waals surface area contributed by atoms with E-state index in [2.05, 4.69) is 10.1 Å². The zero-order valence-corrected chi connectivity index (χ0v) is 11.9. The lowest BCUT2D eigenvalue weighted by atomic mass is 10.2. The molecule has 120 valence electrons. The highest BCUT2D eigenvalue weighted by atomic mass is 19.4. The molecule has 1 rings (SSSR count). The van der Waals surface area contributed by atoms with Gasteiger partial charge in [0.2, 0.25) is 0 Å². The molecule has 0 saturated heterocycles. The molecule has 1 aromatic rings. The molecule has 0 fully saturated rings. The summed E-state index contributed by atoms with van der Waals surface area (Å²) in [6, 6.07) is 7.36. The van der Waals surface area contributed by atoms with Crippen LogP contribution < -0.4 is 10.1 Å². The summed E-state index contributed by atoms with van der Waals surface area (Å²) >= 11 is 0. The highest BCUT2D eigenvalue weighted by molar-refractivity contribution is 5.28. The Morgan fingerprint density at radius 3 is 2.67 bits per heavy atom. The maximum atomic E-state index is 11.9. The van der Waals surface area contributed by atoms with Gasteiger partial charge in [0.15, 0.2) is 0 Å². The van der Waals surface area contributed by atoms with Gasteiger partial charge in [-0.1, -0.05) is 12.1 Å². The fourth-order valence-electron chi connectivity index (χ4n) is 1.56. The van der Waals surface area contributed by atoms with E-state index in [0.717, 1.165) is 12.1 Å². The summed E-state index contributed by atoms with van der Waals surface area (Å²) in [6.45, 7) is 0.775. The lowest BCUT2D eigenvalue weighted by Gasteiger charge is -2.10. The van der Waals surface area contributed by atoms with Gasteiger partial charge in [-0.2, -0.15) is 13.2 Å². The second-order valence-corrected chi connectivity index (χ2v) is 4.33. The summed E-state index contributed by atoms with van der Waals surface area (Å²) in [4.78, 5) is 0. The number of nitrogens with one attached hydrogen (secondary N) is 1. The standard InChI is InChI=1S/C14H20F3NO3/c1-19-6-5-18-10-12-3-2-4-13(9-12)21-8-7-20-11-14(15,16)17/h2-4,9,18H,5-8,10-11H2,1H3. The van der Waals surface area contributed by atoms with Gasteiger partial charge in [0.1, 0.15) is 19.0 Å². The first kappa shape index (κ1) is 17.7. The van der Waals surface area contributed by atoms with Crippen molar-refractivity contribution in [3.8, 4) is 5.75 Å². The molecule has 1 N–H and O–H groups in total. The molecule has 21 heavy (non-hydrogen) atoms. The molecule has 0 heterocycles. The van der Waals surface area contributed by atoms with Crippen LogP contribution in [0.15, 0.2) is 24.3 Å². The van der Waals surface area contributed by atoms with Crippen molar-refractivity contribution in [3.05, 3.63) is 29.8 Å². The first-order valence-corrected chi connectivity index (χ1v) is 6.57. The molecule has 0 aliphatic rings. The van der Waals surface area contributed by atoms with E-state index in [0.29, 0.717) is 18.9 Å². The van der Waals surface area contributed by atoms with E-state index < -0.39 is 12.8 Å². The molecule has 0 atom stereocenters. The largest absolute Gasteiger partial charge is 0.491 e. The predicted octanol–water partition coefficient (Wildman–Crippen LogP) is 2.38. The summed E-state index contributed by atoms with van der Waals surface area (Å²) in [5.41, 5.74) is 1.03. The van der Waals surface area contributed by atoms with E-state index in [1.807, 2.05) is 18.2 Å². The number of hydrogen-bond acceptors (Lipinski definition) is 4. The van der Waals surface area contributed by atoms with Crippen LogP contribution in [0.4, 0.5) is 13.2 Å². The van der Waals surface area contributed by atoms with Gasteiger partial charge in [-0.25, -0.2) is 0 Å². The molecule has 7 heteroatoms. The Morgan fingerprint density at radius 2 is 1.95 bits per heavy atom. The minimum Gasteiger partial charge on any atom is -0.491 e. The zero-order valence-electron chi connectivity index (χ0n) is 11.9. The molecule has 0 amide bonds. The molecule has 0 aliphatic carbocycles. The Labute approximate surface area is 122 Å². The predicted molar refractivity (Wildman–Crippen MR) is 72.4 cm³/mol. The summed E-state index contributed by atoms with van der Waals surface area (Å²) in [5.74, 6) is 0.608. The average molecular weight is 307 g/mol. The van der Waals surface area contributed by atoms with Crippen molar-refractivity contribution in [2.45, 2.75) is 12.7 Å². The topological polar surface area (TPSA) is 39.7 Å². The van der Waals surface area contributed by atoms with Crippen LogP contribution in [-0.2, 0) is 16.0 Å². The summed E-state index contributed by atoms with van der Waals surface area (Å²) in [7, 11) is 1.64. The van der Waals surface area contributed by atoms with Gasteiger partial charge in [0.05, 0.1) is 13.2 Å². The second-order valence-electron chi connectivity index (χ2n) is 4.33. The molecule has 4 nitrogen and oxygen atoms in total. The highest BCUT2D eigenvalue weighted by Gasteiger charge is 2.27. The monoisotopic (exact) mass is 307 g/mol. The van der Waals surface area contributed by atoms with Crippen LogP contribution in [0.25, 0.3) is 0 Å². The number of hydrogen-bond donors (Lipinski definition) is 1. The van der Waals surface area contributed by atoms with Crippen molar-refractivity contribution < 1.29 is 27.4 Å². The second kappa shape index (κ2) is 9.59. The Balaban J connectivity index is 2.23. The SMILES string of the molecule is COCCNCc1cccc(OCCOCC(F)(F)F)c1. The smallest absolute Gasteiger partial charge is 0.411 e. The Bertz CT molecular complexity index is 399. The van der Waals surface area contributed by atoms with Gasteiger partial charge >= 0.3 is 6.18 Å². The van der Waals surface area contributed by atoms with Crippen LogP contribution in [-0.4, -0.2) is 46.3 Å². The Hall–Kier alpha value is -1.31. The van der Waals surface area contributed by atoms with E-state index >= 15 is 0 Å². The lowest BCUT2D eigenvalue weighted by Crippen LogP contribution is -2.19. The third-order valence-corrected chi connectivity index (χ3v) is 2.47. The molecule has 1 aromatic carbocycles. The third-order valence-electron chi connectivity index (χ3n) is 2.47. The minimum absolute atomic E-state index is 0.0800. The van der Waals surface area contributed by atoms with E-state index in [-0.39, 0.29) is 13.2 Å². The van der Waals surface area contributed by atoms with Gasteiger partial charge in [-0.15, -0.1) is 0 Å². The van der Waals surface area contributed by atoms with Crippen LogP contribution in [0, 0.1) is 0 Å². The van der Waals surface area contributed by atoms with E-state index in [1.54, 1.807) is 13.2 Å². The average Bonchev–Trinajstić information content (AvgIpc) is 2.42. The van der Waals surface area contributed by atoms with Gasteiger partial charge in [0, 0.05) is 20.2 Å². The van der Waals surface area contributed by atoms with Crippen molar-refractivity contribution in [2.75, 3.05) is 40.1 Å². The Kier molecular flexibility index (Phi) is 8.11. The summed E-state index contributed by atoms with van der Waals surface area (Å²) in [6.07, 6.45) is -4.30. The quantitative estimate of drug-likeness (QED) is 0.674. The van der Waals surface area contributed by atoms with Crippen LogP contribution in [0.5, 0.6) is 5.75 Å². The van der Waals surface area contributed by atoms with Crippen molar-refractivity contribution in [1.29, 1.82) is 0 Å². The summed E-state index contributed by atoms with van der Waals surface area (Å²) in [5, 5.41) is 3.19. The molecule has 0 spiro atoms. The maximum absolute atomic E-state index is 11.9. The molecular weight excluding hydrogens is 287 g/mol. The first-order valence-electron chi connectivity index (χ1n) is 6.57. The molecule has 0 saturated carbocycles. The van der Waals surface area contributed by atoms with Crippen molar-refractivity contribution in [3.63, 3.8) is 0 Å². The molecule has 0 aliphatic heterocycles. The van der Waals surface area contributed by atoms with Crippen LogP contribution in [0.2, 0.25) is 0 Å². The van der Waals surface area contributed by atoms with E-state index in [4.69, 9.17) is 9.47 Å². The van der Waals surface area contributed by atoms with Crippen molar-refractivity contribution in [2.24, 2.45) is 0 Å². The lowest BCUT2D eigenvalue weighted by molar-refractivity contribution is -0.175. The minimum atomic E-state index is -4.30. The number of halogens is 3. The summed E-state index contributed by atoms with van der Waals surface area (Å²) < 4.78 is 50.3. The number of benzene rings is 1. The first-order chi connectivity index (χ1) is 10.0. The van der Waals surface area contributed by atoms with E-state index in [1.165, 1.54) is 0 Å². The normalized spacial score (nSPS) is 11.6. The zero-order chi connectivity index (χ0) is 15.6. The molecule has 0 unspecified atom stereocenters. The van der Waals surface area contributed by atoms with Gasteiger partial charge in [-0.05, 0) is 17.7 Å². The number of rotatable bonds is 10. The number of alkyl halides is 3. The molecule has 0 radical (unpaired) electrons. The highest BCUT2D eigenvalue weighted by Crippen LogP contribution is 2.15. The van der Waals surface area contributed by atoms with Crippen LogP contribution >= 0.6 is 0 Å². The van der Waals surface area contributed by atoms with Crippen LogP contribution in [0.3, 0.4) is 0 Å². The van der Waals surface area contributed by atoms with Crippen molar-refractivity contribution in [1.82, 2.24) is 5.32 Å². The van der Waals surface area contributed by atoms with Crippen LogP contribution in [0.1, 0.15) is 5.56 Å². The fraction of sp³-hybridized carbons (Fsp3) is 0.571. The van der Waals surface area contributed by atoms with Crippen molar-refractivity contribution >= 4 is 0 Å². The van der Waals surface area contributed by atoms with E-state index in [9.17, 15) is 13.2 Å². The molecule has 0 bridgehead atoms. The Morgan fingerprint density at radius 1 is 1.14 bits per heavy atom. The molecular formula is C14H20F3NO3. The molecule has 0 aromatic heterocycles. The van der Waals surface area contributed by atoms with Gasteiger partial charge < -0.3 is 19.5 Å². The fourth-order valence-corrected chi connectivity index (χ4v) is 1.56. The maximum Gasteiger partial charge on any atom is 0.411 e. The van der Waals surface area contributed by atoms with Gasteiger partial charge in [0.25, 0.3) is 0 Å².